The van der Waals surface area contributed by atoms with Crippen LogP contribution in [-0.2, 0) is 5.41 Å². The van der Waals surface area contributed by atoms with E-state index in [1.807, 2.05) is 0 Å². The molecule has 9 aromatic carbocycles. The number of hydrogen-bond acceptors (Lipinski definition) is 0. The molecule has 0 aliphatic heterocycles. The van der Waals surface area contributed by atoms with Gasteiger partial charge in [-0.15, -0.1) is 0 Å². The molecule has 0 radical (unpaired) electrons. The van der Waals surface area contributed by atoms with Crippen LogP contribution in [0.5, 0.6) is 0 Å². The van der Waals surface area contributed by atoms with Crippen LogP contribution in [0.4, 0.5) is 0 Å². The highest BCUT2D eigenvalue weighted by molar-refractivity contribution is 6.17. The van der Waals surface area contributed by atoms with E-state index < -0.39 is 5.41 Å². The van der Waals surface area contributed by atoms with E-state index in [-0.39, 0.29) is 0 Å². The maximum Gasteiger partial charge on any atom is 0.0726 e. The van der Waals surface area contributed by atoms with Gasteiger partial charge in [0.25, 0.3) is 0 Å². The summed E-state index contributed by atoms with van der Waals surface area (Å²) in [5.41, 5.74) is 18.7. The molecule has 1 spiro atoms. The number of rotatable bonds is 3. The summed E-state index contributed by atoms with van der Waals surface area (Å²) < 4.78 is 2.56. The predicted octanol–water partition coefficient (Wildman–Crippen LogP) is 13.6. The fourth-order valence-corrected chi connectivity index (χ4v) is 9.96. The van der Waals surface area contributed by atoms with Crippen molar-refractivity contribution in [2.75, 3.05) is 0 Å². The maximum absolute atomic E-state index is 2.56. The fraction of sp³-hybridized carbons (Fsp3) is 0.0189. The van der Waals surface area contributed by atoms with Crippen LogP contribution in [-0.4, -0.2) is 4.57 Å². The van der Waals surface area contributed by atoms with E-state index in [1.54, 1.807) is 0 Å². The van der Waals surface area contributed by atoms with Gasteiger partial charge in [-0.3, -0.25) is 0 Å². The van der Waals surface area contributed by atoms with Crippen molar-refractivity contribution in [3.8, 4) is 50.2 Å². The van der Waals surface area contributed by atoms with E-state index in [1.165, 1.54) is 99.3 Å². The van der Waals surface area contributed by atoms with Crippen LogP contribution in [0.3, 0.4) is 0 Å². The summed E-state index contributed by atoms with van der Waals surface area (Å²) in [4.78, 5) is 0. The largest absolute Gasteiger partial charge is 0.309 e. The summed E-state index contributed by atoms with van der Waals surface area (Å²) in [7, 11) is 0. The van der Waals surface area contributed by atoms with E-state index in [9.17, 15) is 0 Å². The van der Waals surface area contributed by atoms with Gasteiger partial charge in [0.05, 0.1) is 16.4 Å². The van der Waals surface area contributed by atoms with E-state index >= 15 is 0 Å². The molecule has 0 bridgehead atoms. The van der Waals surface area contributed by atoms with Crippen LogP contribution < -0.4 is 0 Å². The molecule has 0 atom stereocenters. The Morgan fingerprint density at radius 1 is 0.333 bits per heavy atom. The molecule has 250 valence electrons. The molecule has 1 aromatic heterocycles. The fourth-order valence-electron chi connectivity index (χ4n) is 9.96. The summed E-state index contributed by atoms with van der Waals surface area (Å²) in [5.74, 6) is 0. The third-order valence-electron chi connectivity index (χ3n) is 12.1. The first-order valence-electron chi connectivity index (χ1n) is 18.8. The van der Waals surface area contributed by atoms with Crippen LogP contribution in [0.2, 0.25) is 0 Å². The second kappa shape index (κ2) is 11.0. The molecule has 0 N–H and O–H groups in total. The van der Waals surface area contributed by atoms with Gasteiger partial charge >= 0.3 is 0 Å². The molecule has 0 saturated heterocycles. The molecular formula is C53H33N. The molecule has 10 aromatic rings. The topological polar surface area (TPSA) is 4.93 Å². The number of benzene rings is 9. The zero-order chi connectivity index (χ0) is 35.4. The van der Waals surface area contributed by atoms with Crippen molar-refractivity contribution >= 4 is 32.6 Å². The Kier molecular flexibility index (Phi) is 6.04. The molecule has 0 saturated carbocycles. The number of fused-ring (bicyclic) bond motifs is 15. The Morgan fingerprint density at radius 2 is 0.889 bits per heavy atom. The van der Waals surface area contributed by atoms with E-state index in [4.69, 9.17) is 0 Å². The summed E-state index contributed by atoms with van der Waals surface area (Å²) in [6, 6.07) is 74.6. The minimum atomic E-state index is -0.446. The van der Waals surface area contributed by atoms with E-state index in [2.05, 4.69) is 205 Å². The van der Waals surface area contributed by atoms with Crippen molar-refractivity contribution in [1.82, 2.24) is 4.57 Å². The number of aromatic nitrogens is 1. The third kappa shape index (κ3) is 3.88. The molecule has 0 amide bonds. The Morgan fingerprint density at radius 3 is 1.56 bits per heavy atom. The van der Waals surface area contributed by atoms with Gasteiger partial charge in [0, 0.05) is 22.0 Å². The third-order valence-corrected chi connectivity index (χ3v) is 12.1. The van der Waals surface area contributed by atoms with E-state index in [0.29, 0.717) is 0 Å². The van der Waals surface area contributed by atoms with Crippen molar-refractivity contribution in [3.05, 3.63) is 222 Å². The number of hydrogen-bond donors (Lipinski definition) is 0. The maximum atomic E-state index is 2.56. The second-order valence-corrected chi connectivity index (χ2v) is 14.8. The minimum Gasteiger partial charge on any atom is -0.309 e. The predicted molar refractivity (Wildman–Crippen MR) is 225 cm³/mol. The van der Waals surface area contributed by atoms with Crippen LogP contribution in [0.25, 0.3) is 82.8 Å². The standard InChI is InChI=1S/C53H33N/c1-3-15-34(16-4-1)38-29-39(35-17-5-2-6-18-35)31-40(30-38)54-50-26-14-11-23-43(50)44-27-28-48-51(52(44)54)45-32-36-19-7-8-20-37(36)33-49(45)53(48)46-24-12-9-21-41(46)42-22-10-13-25-47(42)53/h1-33H. The Balaban J connectivity index is 1.27. The van der Waals surface area contributed by atoms with Crippen molar-refractivity contribution in [2.24, 2.45) is 0 Å². The summed E-state index contributed by atoms with van der Waals surface area (Å²) in [6.45, 7) is 0. The van der Waals surface area contributed by atoms with Gasteiger partial charge in [-0.1, -0.05) is 164 Å². The van der Waals surface area contributed by atoms with Crippen molar-refractivity contribution < 1.29 is 0 Å². The molecular weight excluding hydrogens is 651 g/mol. The molecule has 2 aliphatic carbocycles. The van der Waals surface area contributed by atoms with Gasteiger partial charge in [-0.05, 0) is 108 Å². The zero-order valence-electron chi connectivity index (χ0n) is 29.5. The van der Waals surface area contributed by atoms with Crippen LogP contribution >= 0.6 is 0 Å². The number of nitrogens with zero attached hydrogens (tertiary/aromatic N) is 1. The molecule has 0 fully saturated rings. The number of para-hydroxylation sites is 1. The molecule has 1 heteroatoms. The van der Waals surface area contributed by atoms with Gasteiger partial charge in [-0.2, -0.15) is 0 Å². The second-order valence-electron chi connectivity index (χ2n) is 14.8. The Hall–Kier alpha value is -6.96. The quantitative estimate of drug-likeness (QED) is 0.175. The highest BCUT2D eigenvalue weighted by Gasteiger charge is 2.52. The molecule has 1 heterocycles. The molecule has 54 heavy (non-hydrogen) atoms. The summed E-state index contributed by atoms with van der Waals surface area (Å²) >= 11 is 0. The molecule has 0 unspecified atom stereocenters. The van der Waals surface area contributed by atoms with Gasteiger partial charge in [-0.25, -0.2) is 0 Å². The van der Waals surface area contributed by atoms with Gasteiger partial charge in [0.15, 0.2) is 0 Å². The van der Waals surface area contributed by atoms with Gasteiger partial charge in [0.2, 0.25) is 0 Å². The molecule has 12 rings (SSSR count). The Bertz CT molecular complexity index is 3040. The average molecular weight is 684 g/mol. The highest BCUT2D eigenvalue weighted by Crippen LogP contribution is 2.64. The lowest BCUT2D eigenvalue weighted by molar-refractivity contribution is 0.795. The van der Waals surface area contributed by atoms with Crippen molar-refractivity contribution in [2.45, 2.75) is 5.41 Å². The molecule has 1 nitrogen and oxygen atoms in total. The highest BCUT2D eigenvalue weighted by atomic mass is 15.0. The Labute approximate surface area is 314 Å². The lowest BCUT2D eigenvalue weighted by atomic mass is 9.70. The van der Waals surface area contributed by atoms with Crippen LogP contribution in [0.15, 0.2) is 200 Å². The first-order chi connectivity index (χ1) is 26.8. The SMILES string of the molecule is c1ccc(-c2cc(-c3ccccc3)cc(-n3c4ccccc4c4ccc5c(c43)-c3cc4ccccc4cc3C53c4ccccc4-c4ccccc43)c2)cc1. The normalized spacial score (nSPS) is 13.3. The first-order valence-corrected chi connectivity index (χ1v) is 18.8. The monoisotopic (exact) mass is 683 g/mol. The summed E-state index contributed by atoms with van der Waals surface area (Å²) in [5, 5.41) is 5.06. The minimum absolute atomic E-state index is 0.446. The van der Waals surface area contributed by atoms with Gasteiger partial charge < -0.3 is 4.57 Å². The van der Waals surface area contributed by atoms with E-state index in [0.717, 1.165) is 5.69 Å². The zero-order valence-corrected chi connectivity index (χ0v) is 29.5. The average Bonchev–Trinajstić information content (AvgIpc) is 3.85. The summed E-state index contributed by atoms with van der Waals surface area (Å²) in [6.07, 6.45) is 0. The van der Waals surface area contributed by atoms with Crippen LogP contribution in [0, 0.1) is 0 Å². The van der Waals surface area contributed by atoms with Crippen molar-refractivity contribution in [3.63, 3.8) is 0 Å². The molecule has 2 aliphatic rings. The first kappa shape index (κ1) is 29.6. The van der Waals surface area contributed by atoms with Crippen LogP contribution in [0.1, 0.15) is 22.3 Å². The lowest BCUT2D eigenvalue weighted by Gasteiger charge is -2.30. The van der Waals surface area contributed by atoms with Gasteiger partial charge in [0.1, 0.15) is 0 Å². The van der Waals surface area contributed by atoms with Crippen molar-refractivity contribution in [1.29, 1.82) is 0 Å². The lowest BCUT2D eigenvalue weighted by Crippen LogP contribution is -2.25. The smallest absolute Gasteiger partial charge is 0.0726 e.